The second-order valence-corrected chi connectivity index (χ2v) is 8.08. The Hall–Kier alpha value is -0.384. The third-order valence-corrected chi connectivity index (χ3v) is 5.77. The van der Waals surface area contributed by atoms with Gasteiger partial charge in [0, 0.05) is 4.75 Å². The Bertz CT molecular complexity index is 673. The summed E-state index contributed by atoms with van der Waals surface area (Å²) in [5, 5.41) is 11.8. The number of β-lactam (4-membered cyclic amide) rings is 1. The predicted octanol–water partition coefficient (Wildman–Crippen LogP) is -2.02. The Morgan fingerprint density at radius 1 is 1.33 bits per heavy atom. The third kappa shape index (κ3) is 3.59. The Balaban J connectivity index is 0.00000156. The topological polar surface area (TPSA) is 86.7 Å². The first-order valence-electron chi connectivity index (χ1n) is 7.37. The van der Waals surface area contributed by atoms with Crippen LogP contribution in [0.5, 0.6) is 0 Å². The fraction of sp³-hybridized carbons (Fsp3) is 0.438. The summed E-state index contributed by atoms with van der Waals surface area (Å²) < 4.78 is -0.578. The molecule has 0 unspecified atom stereocenters. The van der Waals surface area contributed by atoms with Gasteiger partial charge in [0.05, 0.1) is 6.42 Å². The van der Waals surface area contributed by atoms with Gasteiger partial charge < -0.3 is 16.7 Å². The van der Waals surface area contributed by atoms with Crippen LogP contribution < -0.4 is 56.7 Å². The fourth-order valence-corrected chi connectivity index (χ4v) is 4.78. The molecule has 2 amide bonds. The maximum absolute atomic E-state index is 12.3. The number of amides is 2. The van der Waals surface area contributed by atoms with E-state index in [9.17, 15) is 19.5 Å². The maximum Gasteiger partial charge on any atom is 1.00 e. The monoisotopic (exact) mass is 374 g/mol. The van der Waals surface area contributed by atoms with Gasteiger partial charge in [0.25, 0.3) is 0 Å². The summed E-state index contributed by atoms with van der Waals surface area (Å²) in [4.78, 5) is 37.2. The van der Waals surface area contributed by atoms with E-state index in [0.29, 0.717) is 0 Å². The van der Waals surface area contributed by atoms with Gasteiger partial charge in [-0.15, -0.1) is 11.8 Å². The average Bonchev–Trinajstić information content (AvgIpc) is 2.74. The molecular formula is C16H19KN2O4S. The molecule has 1 aromatic rings. The second-order valence-electron chi connectivity index (χ2n) is 6.31. The summed E-state index contributed by atoms with van der Waals surface area (Å²) in [6.45, 7) is 3.62. The standard InChI is InChI=1S/C16H18N2O4S.K.H/c1-16(2)12(15(21)22)18-13(20)11(14(18)23-16)17-10(19)8-9-6-4-3-5-7-9;;/h3-7,11-12,14H,8H2,1-2H3,(H,17,19)(H,21,22);;/q;+1;-1/t11-,12+,14-;;/m1../s1. The van der Waals surface area contributed by atoms with Gasteiger partial charge in [0.1, 0.15) is 17.5 Å². The van der Waals surface area contributed by atoms with Crippen LogP contribution in [-0.2, 0) is 20.8 Å². The number of carbonyl (C=O) groups is 3. The van der Waals surface area contributed by atoms with E-state index < -0.39 is 22.8 Å². The summed E-state index contributed by atoms with van der Waals surface area (Å²) in [6.07, 6.45) is 0.202. The molecule has 24 heavy (non-hydrogen) atoms. The predicted molar refractivity (Wildman–Crippen MR) is 86.9 cm³/mol. The van der Waals surface area contributed by atoms with Crippen molar-refractivity contribution in [2.24, 2.45) is 0 Å². The summed E-state index contributed by atoms with van der Waals surface area (Å²) in [5.41, 5.74) is 0.872. The normalized spacial score (nSPS) is 26.8. The van der Waals surface area contributed by atoms with E-state index in [0.717, 1.165) is 5.56 Å². The number of carbonyl (C=O) groups excluding carboxylic acids is 2. The van der Waals surface area contributed by atoms with E-state index in [1.54, 1.807) is 0 Å². The number of carboxylic acid groups (broad SMARTS) is 1. The molecule has 2 N–H and O–H groups in total. The van der Waals surface area contributed by atoms with Crippen molar-refractivity contribution in [3.05, 3.63) is 35.9 Å². The van der Waals surface area contributed by atoms with Gasteiger partial charge in [0.15, 0.2) is 0 Å². The van der Waals surface area contributed by atoms with Crippen molar-refractivity contribution in [3.63, 3.8) is 0 Å². The van der Waals surface area contributed by atoms with Crippen molar-refractivity contribution in [1.82, 2.24) is 10.2 Å². The van der Waals surface area contributed by atoms with E-state index in [1.807, 2.05) is 44.2 Å². The molecule has 3 rings (SSSR count). The molecule has 124 valence electrons. The molecule has 0 radical (unpaired) electrons. The molecule has 8 heteroatoms. The first kappa shape index (κ1) is 19.9. The van der Waals surface area contributed by atoms with Crippen molar-refractivity contribution >= 4 is 29.5 Å². The second kappa shape index (κ2) is 7.47. The largest absolute Gasteiger partial charge is 1.00 e. The molecule has 0 aliphatic carbocycles. The number of aliphatic carboxylic acids is 1. The van der Waals surface area contributed by atoms with E-state index in [4.69, 9.17) is 0 Å². The quantitative estimate of drug-likeness (QED) is 0.469. The van der Waals surface area contributed by atoms with Crippen LogP contribution in [0.25, 0.3) is 0 Å². The summed E-state index contributed by atoms with van der Waals surface area (Å²) in [5.74, 6) is -1.55. The molecule has 0 bridgehead atoms. The number of hydrogen-bond acceptors (Lipinski definition) is 4. The maximum atomic E-state index is 12.3. The first-order chi connectivity index (χ1) is 10.8. The van der Waals surface area contributed by atoms with Gasteiger partial charge in [-0.3, -0.25) is 9.59 Å². The van der Waals surface area contributed by atoms with Crippen LogP contribution in [0.15, 0.2) is 30.3 Å². The molecule has 6 nitrogen and oxygen atoms in total. The molecule has 2 aliphatic rings. The van der Waals surface area contributed by atoms with Crippen molar-refractivity contribution < 1.29 is 72.3 Å². The molecule has 0 saturated carbocycles. The van der Waals surface area contributed by atoms with E-state index in [-0.39, 0.29) is 76.4 Å². The van der Waals surface area contributed by atoms with Gasteiger partial charge >= 0.3 is 57.4 Å². The molecule has 0 aromatic heterocycles. The number of carboxylic acids is 1. The molecule has 2 aliphatic heterocycles. The molecule has 2 fully saturated rings. The van der Waals surface area contributed by atoms with Crippen LogP contribution >= 0.6 is 11.8 Å². The number of benzene rings is 1. The van der Waals surface area contributed by atoms with E-state index in [2.05, 4.69) is 5.32 Å². The number of rotatable bonds is 4. The molecule has 2 heterocycles. The Kier molecular flexibility index (Phi) is 6.20. The van der Waals surface area contributed by atoms with Crippen LogP contribution in [0, 0.1) is 0 Å². The SMILES string of the molecule is CC1(C)S[C@@H]2[C@H](NC(=O)Cc3ccccc3)C(=O)N2[C@H]1C(=O)O.[H-].[K+]. The number of hydrogen-bond donors (Lipinski definition) is 2. The van der Waals surface area contributed by atoms with Gasteiger partial charge in [-0.25, -0.2) is 4.79 Å². The van der Waals surface area contributed by atoms with Gasteiger partial charge in [0.2, 0.25) is 11.8 Å². The molecular weight excluding hydrogens is 355 g/mol. The molecule has 1 aromatic carbocycles. The minimum atomic E-state index is -1.01. The smallest absolute Gasteiger partial charge is 1.00 e. The minimum Gasteiger partial charge on any atom is -1.00 e. The molecule has 3 atom stereocenters. The third-order valence-electron chi connectivity index (χ3n) is 4.20. The number of fused-ring (bicyclic) bond motifs is 1. The van der Waals surface area contributed by atoms with Crippen LogP contribution in [0.1, 0.15) is 20.8 Å². The van der Waals surface area contributed by atoms with Crippen LogP contribution in [0.2, 0.25) is 0 Å². The fourth-order valence-electron chi connectivity index (χ4n) is 3.15. The Labute approximate surface area is 188 Å². The van der Waals surface area contributed by atoms with Crippen molar-refractivity contribution in [2.75, 3.05) is 0 Å². The Morgan fingerprint density at radius 3 is 2.54 bits per heavy atom. The van der Waals surface area contributed by atoms with Crippen LogP contribution in [0.4, 0.5) is 0 Å². The average molecular weight is 375 g/mol. The zero-order chi connectivity index (χ0) is 16.8. The Morgan fingerprint density at radius 2 is 1.96 bits per heavy atom. The molecule has 2 saturated heterocycles. The summed E-state index contributed by atoms with van der Waals surface area (Å²) in [6, 6.07) is 7.78. The molecule has 0 spiro atoms. The van der Waals surface area contributed by atoms with Gasteiger partial charge in [-0.1, -0.05) is 30.3 Å². The van der Waals surface area contributed by atoms with E-state index in [1.165, 1.54) is 16.7 Å². The number of nitrogens with one attached hydrogen (secondary N) is 1. The van der Waals surface area contributed by atoms with Crippen LogP contribution in [-0.4, -0.2) is 50.0 Å². The summed E-state index contributed by atoms with van der Waals surface area (Å²) >= 11 is 1.42. The van der Waals surface area contributed by atoms with Gasteiger partial charge in [-0.05, 0) is 19.4 Å². The van der Waals surface area contributed by atoms with Crippen molar-refractivity contribution in [1.29, 1.82) is 0 Å². The zero-order valence-electron chi connectivity index (χ0n) is 14.9. The van der Waals surface area contributed by atoms with E-state index >= 15 is 0 Å². The van der Waals surface area contributed by atoms with Gasteiger partial charge in [-0.2, -0.15) is 0 Å². The van der Waals surface area contributed by atoms with Crippen LogP contribution in [0.3, 0.4) is 0 Å². The first-order valence-corrected chi connectivity index (χ1v) is 8.25. The number of nitrogens with zero attached hydrogens (tertiary/aromatic N) is 1. The minimum absolute atomic E-state index is 0. The zero-order valence-corrected chi connectivity index (χ0v) is 17.8. The van der Waals surface area contributed by atoms with Crippen molar-refractivity contribution in [2.45, 2.75) is 42.5 Å². The van der Waals surface area contributed by atoms with Crippen molar-refractivity contribution in [3.8, 4) is 0 Å². The summed E-state index contributed by atoms with van der Waals surface area (Å²) in [7, 11) is 0. The number of thioether (sulfide) groups is 1.